The lowest BCUT2D eigenvalue weighted by atomic mass is 9.82. The average molecular weight is 323 g/mol. The Morgan fingerprint density at radius 2 is 2.09 bits per heavy atom. The second-order valence-corrected chi connectivity index (χ2v) is 7.33. The van der Waals surface area contributed by atoms with Crippen LogP contribution >= 0.6 is 0 Å². The normalized spacial score (nSPS) is 28.0. The smallest absolute Gasteiger partial charge is 0.245 e. The van der Waals surface area contributed by atoms with Crippen molar-refractivity contribution in [2.75, 3.05) is 31.7 Å². The van der Waals surface area contributed by atoms with Gasteiger partial charge < -0.3 is 14.7 Å². The van der Waals surface area contributed by atoms with Gasteiger partial charge >= 0.3 is 0 Å². The number of piperidine rings is 1. The molecule has 1 aliphatic carbocycles. The van der Waals surface area contributed by atoms with E-state index in [2.05, 4.69) is 27.3 Å². The van der Waals surface area contributed by atoms with Crippen LogP contribution in [0.2, 0.25) is 0 Å². The van der Waals surface area contributed by atoms with Gasteiger partial charge in [0.25, 0.3) is 0 Å². The van der Waals surface area contributed by atoms with E-state index in [9.17, 15) is 5.11 Å². The Bertz CT molecular complexity index is 492. The standard InChI is InChI=1S/C16H29N5O2/c1-13-4-3-5-14(10-13)11-21-15(17-18-19-21)20-8-6-16(12-22,23-2)7-9-20/h13-14,22H,3-12H2,1-2H3. The van der Waals surface area contributed by atoms with Crippen molar-refractivity contribution in [1.29, 1.82) is 0 Å². The Hall–Kier alpha value is -1.21. The molecule has 1 N–H and O–H groups in total. The third kappa shape index (κ3) is 3.66. The molecule has 1 aromatic heterocycles. The molecule has 0 radical (unpaired) electrons. The molecule has 2 fully saturated rings. The maximum absolute atomic E-state index is 9.57. The summed E-state index contributed by atoms with van der Waals surface area (Å²) in [6, 6.07) is 0. The van der Waals surface area contributed by atoms with E-state index < -0.39 is 5.60 Å². The Kier molecular flexibility index (Phi) is 5.16. The minimum Gasteiger partial charge on any atom is -0.393 e. The Balaban J connectivity index is 1.63. The molecule has 2 heterocycles. The number of rotatable bonds is 5. The van der Waals surface area contributed by atoms with Crippen molar-refractivity contribution in [2.24, 2.45) is 11.8 Å². The zero-order chi connectivity index (χ0) is 16.3. The predicted octanol–water partition coefficient (Wildman–Crippen LogP) is 1.48. The highest BCUT2D eigenvalue weighted by Gasteiger charge is 2.35. The van der Waals surface area contributed by atoms with Gasteiger partial charge in [0, 0.05) is 26.7 Å². The van der Waals surface area contributed by atoms with Crippen LogP contribution in [-0.2, 0) is 11.3 Å². The fourth-order valence-corrected chi connectivity index (χ4v) is 4.06. The first-order valence-corrected chi connectivity index (χ1v) is 8.83. The Morgan fingerprint density at radius 1 is 1.30 bits per heavy atom. The molecule has 2 unspecified atom stereocenters. The van der Waals surface area contributed by atoms with Crippen molar-refractivity contribution < 1.29 is 9.84 Å². The van der Waals surface area contributed by atoms with Gasteiger partial charge in [-0.15, -0.1) is 0 Å². The van der Waals surface area contributed by atoms with Gasteiger partial charge in [0.2, 0.25) is 5.95 Å². The summed E-state index contributed by atoms with van der Waals surface area (Å²) in [7, 11) is 1.68. The van der Waals surface area contributed by atoms with Crippen LogP contribution in [0.5, 0.6) is 0 Å². The van der Waals surface area contributed by atoms with Gasteiger partial charge in [-0.25, -0.2) is 4.68 Å². The first-order valence-electron chi connectivity index (χ1n) is 8.83. The van der Waals surface area contributed by atoms with Crippen molar-refractivity contribution in [3.05, 3.63) is 0 Å². The van der Waals surface area contributed by atoms with Crippen LogP contribution < -0.4 is 4.90 Å². The van der Waals surface area contributed by atoms with Gasteiger partial charge in [0.15, 0.2) is 0 Å². The fraction of sp³-hybridized carbons (Fsp3) is 0.938. The molecule has 3 rings (SSSR count). The minimum absolute atomic E-state index is 0.0717. The highest BCUT2D eigenvalue weighted by atomic mass is 16.5. The summed E-state index contributed by atoms with van der Waals surface area (Å²) in [6.07, 6.45) is 6.82. The van der Waals surface area contributed by atoms with E-state index in [1.54, 1.807) is 7.11 Å². The van der Waals surface area contributed by atoms with Gasteiger partial charge in [0.1, 0.15) is 0 Å². The fourth-order valence-electron chi connectivity index (χ4n) is 4.06. The van der Waals surface area contributed by atoms with Crippen molar-refractivity contribution in [1.82, 2.24) is 20.2 Å². The largest absolute Gasteiger partial charge is 0.393 e. The van der Waals surface area contributed by atoms with Gasteiger partial charge in [-0.1, -0.05) is 24.9 Å². The van der Waals surface area contributed by atoms with Gasteiger partial charge in [-0.05, 0) is 47.9 Å². The number of hydrogen-bond donors (Lipinski definition) is 1. The maximum Gasteiger partial charge on any atom is 0.245 e. The predicted molar refractivity (Wildman–Crippen MR) is 87.2 cm³/mol. The van der Waals surface area contributed by atoms with E-state index in [1.807, 2.05) is 4.68 Å². The average Bonchev–Trinajstić information content (AvgIpc) is 3.03. The van der Waals surface area contributed by atoms with Gasteiger partial charge in [-0.3, -0.25) is 0 Å². The number of anilines is 1. The summed E-state index contributed by atoms with van der Waals surface area (Å²) in [5.74, 6) is 2.36. The molecule has 0 spiro atoms. The van der Waals surface area contributed by atoms with Crippen LogP contribution in [0, 0.1) is 11.8 Å². The van der Waals surface area contributed by atoms with Crippen LogP contribution in [0.3, 0.4) is 0 Å². The Labute approximate surface area is 138 Å². The van der Waals surface area contributed by atoms with E-state index in [-0.39, 0.29) is 6.61 Å². The highest BCUT2D eigenvalue weighted by Crippen LogP contribution is 2.31. The third-order valence-electron chi connectivity index (χ3n) is 5.67. The van der Waals surface area contributed by atoms with Gasteiger partial charge in [0.05, 0.1) is 12.2 Å². The van der Waals surface area contributed by atoms with Crippen molar-refractivity contribution in [2.45, 2.75) is 57.6 Å². The summed E-state index contributed by atoms with van der Waals surface area (Å²) in [5, 5.41) is 21.9. The number of ether oxygens (including phenoxy) is 1. The lowest BCUT2D eigenvalue weighted by molar-refractivity contribution is -0.0675. The van der Waals surface area contributed by atoms with Crippen LogP contribution in [0.15, 0.2) is 0 Å². The molecule has 2 aliphatic rings. The molecule has 1 aromatic rings. The number of tetrazole rings is 1. The Morgan fingerprint density at radius 3 is 2.74 bits per heavy atom. The maximum atomic E-state index is 9.57. The molecule has 1 saturated carbocycles. The summed E-state index contributed by atoms with van der Waals surface area (Å²) in [6.45, 7) is 4.96. The summed E-state index contributed by atoms with van der Waals surface area (Å²) >= 11 is 0. The van der Waals surface area contributed by atoms with Crippen LogP contribution in [0.4, 0.5) is 5.95 Å². The topological polar surface area (TPSA) is 76.3 Å². The van der Waals surface area contributed by atoms with Gasteiger partial charge in [-0.2, -0.15) is 0 Å². The molecule has 7 heteroatoms. The number of nitrogens with zero attached hydrogens (tertiary/aromatic N) is 5. The number of aliphatic hydroxyl groups is 1. The zero-order valence-corrected chi connectivity index (χ0v) is 14.3. The van der Waals surface area contributed by atoms with Crippen LogP contribution in [0.25, 0.3) is 0 Å². The summed E-state index contributed by atoms with van der Waals surface area (Å²) in [5.41, 5.74) is -0.395. The molecule has 7 nitrogen and oxygen atoms in total. The second kappa shape index (κ2) is 7.13. The number of aromatic nitrogens is 4. The molecule has 0 bridgehead atoms. The highest BCUT2D eigenvalue weighted by molar-refractivity contribution is 5.29. The van der Waals surface area contributed by atoms with Crippen LogP contribution in [-0.4, -0.2) is 57.7 Å². The molecule has 130 valence electrons. The van der Waals surface area contributed by atoms with E-state index >= 15 is 0 Å². The molecule has 0 amide bonds. The molecular formula is C16H29N5O2. The molecule has 23 heavy (non-hydrogen) atoms. The monoisotopic (exact) mass is 323 g/mol. The number of aliphatic hydroxyl groups excluding tert-OH is 1. The van der Waals surface area contributed by atoms with Crippen molar-refractivity contribution in [3.63, 3.8) is 0 Å². The number of methoxy groups -OCH3 is 1. The molecular weight excluding hydrogens is 294 g/mol. The minimum atomic E-state index is -0.395. The first-order chi connectivity index (χ1) is 11.2. The quantitative estimate of drug-likeness (QED) is 0.884. The van der Waals surface area contributed by atoms with E-state index in [0.29, 0.717) is 5.92 Å². The number of hydrogen-bond acceptors (Lipinski definition) is 6. The van der Waals surface area contributed by atoms with Crippen LogP contribution in [0.1, 0.15) is 45.4 Å². The molecule has 1 aliphatic heterocycles. The van der Waals surface area contributed by atoms with E-state index in [4.69, 9.17) is 4.74 Å². The van der Waals surface area contributed by atoms with Crippen molar-refractivity contribution in [3.8, 4) is 0 Å². The summed E-state index contributed by atoms with van der Waals surface area (Å²) < 4.78 is 7.50. The molecule has 1 saturated heterocycles. The molecule has 2 atom stereocenters. The van der Waals surface area contributed by atoms with Crippen molar-refractivity contribution >= 4 is 5.95 Å². The first kappa shape index (κ1) is 16.6. The van der Waals surface area contributed by atoms with E-state index in [0.717, 1.165) is 44.3 Å². The SMILES string of the molecule is COC1(CO)CCN(c2nnnn2CC2CCCC(C)C2)CC1. The summed E-state index contributed by atoms with van der Waals surface area (Å²) in [4.78, 5) is 2.22. The lowest BCUT2D eigenvalue weighted by Gasteiger charge is -2.39. The third-order valence-corrected chi connectivity index (χ3v) is 5.67. The molecule has 0 aromatic carbocycles. The second-order valence-electron chi connectivity index (χ2n) is 7.33. The van der Waals surface area contributed by atoms with E-state index in [1.165, 1.54) is 25.7 Å². The lowest BCUT2D eigenvalue weighted by Crippen LogP contribution is -2.48. The zero-order valence-electron chi connectivity index (χ0n) is 14.3.